The van der Waals surface area contributed by atoms with Gasteiger partial charge in [0.15, 0.2) is 0 Å². The van der Waals surface area contributed by atoms with Crippen LogP contribution >= 0.6 is 0 Å². The van der Waals surface area contributed by atoms with E-state index < -0.39 is 0 Å². The lowest BCUT2D eigenvalue weighted by Gasteiger charge is -2.15. The molecule has 0 radical (unpaired) electrons. The summed E-state index contributed by atoms with van der Waals surface area (Å²) >= 11 is 0. The molecule has 0 saturated carbocycles. The molecule has 1 unspecified atom stereocenters. The molecule has 20 heavy (non-hydrogen) atoms. The van der Waals surface area contributed by atoms with E-state index in [0.717, 1.165) is 13.0 Å². The molecule has 0 amide bonds. The van der Waals surface area contributed by atoms with Crippen molar-refractivity contribution in [2.75, 3.05) is 6.54 Å². The van der Waals surface area contributed by atoms with Crippen molar-refractivity contribution in [3.05, 3.63) is 70.3 Å². The van der Waals surface area contributed by atoms with E-state index in [9.17, 15) is 0 Å². The Morgan fingerprint density at radius 1 is 0.950 bits per heavy atom. The van der Waals surface area contributed by atoms with Gasteiger partial charge >= 0.3 is 0 Å². The number of aryl methyl sites for hydroxylation is 3. The maximum absolute atomic E-state index is 3.61. The van der Waals surface area contributed by atoms with Crippen LogP contribution < -0.4 is 5.32 Å². The minimum absolute atomic E-state index is 0.402. The highest BCUT2D eigenvalue weighted by Crippen LogP contribution is 2.16. The Hall–Kier alpha value is -1.60. The summed E-state index contributed by atoms with van der Waals surface area (Å²) in [5.41, 5.74) is 6.85. The van der Waals surface area contributed by atoms with Crippen LogP contribution in [0.25, 0.3) is 0 Å². The van der Waals surface area contributed by atoms with E-state index in [2.05, 4.69) is 75.5 Å². The maximum Gasteiger partial charge on any atom is 0.0292 e. The summed E-state index contributed by atoms with van der Waals surface area (Å²) in [5.74, 6) is 0. The third-order valence-electron chi connectivity index (χ3n) is 3.98. The Kier molecular flexibility index (Phi) is 4.97. The molecule has 0 aromatic heterocycles. The van der Waals surface area contributed by atoms with Crippen molar-refractivity contribution in [3.63, 3.8) is 0 Å². The second-order valence-electron chi connectivity index (χ2n) is 5.76. The SMILES string of the molecule is Cc1cccc(CCNC(C)c2ccc(C)c(C)c2)c1. The fraction of sp³-hybridized carbons (Fsp3) is 0.368. The number of rotatable bonds is 5. The van der Waals surface area contributed by atoms with E-state index in [1.807, 2.05) is 0 Å². The summed E-state index contributed by atoms with van der Waals surface area (Å²) in [6, 6.07) is 15.9. The van der Waals surface area contributed by atoms with E-state index in [1.54, 1.807) is 0 Å². The molecule has 106 valence electrons. The highest BCUT2D eigenvalue weighted by Gasteiger charge is 2.05. The zero-order valence-electron chi connectivity index (χ0n) is 13.0. The molecular weight excluding hydrogens is 242 g/mol. The Labute approximate surface area is 123 Å². The smallest absolute Gasteiger partial charge is 0.0292 e. The van der Waals surface area contributed by atoms with Gasteiger partial charge < -0.3 is 5.32 Å². The minimum atomic E-state index is 0.402. The molecule has 2 aromatic carbocycles. The number of nitrogens with one attached hydrogen (secondary N) is 1. The lowest BCUT2D eigenvalue weighted by Crippen LogP contribution is -2.21. The first-order valence-corrected chi connectivity index (χ1v) is 7.42. The first-order chi connectivity index (χ1) is 9.56. The highest BCUT2D eigenvalue weighted by atomic mass is 14.9. The standard InChI is InChI=1S/C19H25N/c1-14-6-5-7-18(12-14)10-11-20-17(4)19-9-8-15(2)16(3)13-19/h5-9,12-13,17,20H,10-11H2,1-4H3. The average Bonchev–Trinajstić information content (AvgIpc) is 2.42. The van der Waals surface area contributed by atoms with Crippen molar-refractivity contribution in [1.82, 2.24) is 5.32 Å². The number of hydrogen-bond donors (Lipinski definition) is 1. The summed E-state index contributed by atoms with van der Waals surface area (Å²) in [6.07, 6.45) is 1.08. The average molecular weight is 267 g/mol. The first-order valence-electron chi connectivity index (χ1n) is 7.42. The zero-order valence-corrected chi connectivity index (χ0v) is 13.0. The van der Waals surface area contributed by atoms with Gasteiger partial charge in [-0.3, -0.25) is 0 Å². The molecule has 0 heterocycles. The third kappa shape index (κ3) is 3.94. The summed E-state index contributed by atoms with van der Waals surface area (Å²) in [6.45, 7) is 9.74. The van der Waals surface area contributed by atoms with Crippen LogP contribution in [0.5, 0.6) is 0 Å². The van der Waals surface area contributed by atoms with Crippen LogP contribution in [0.2, 0.25) is 0 Å². The van der Waals surface area contributed by atoms with Crippen LogP contribution in [-0.2, 0) is 6.42 Å². The molecule has 1 heteroatoms. The Balaban J connectivity index is 1.88. The molecule has 0 bridgehead atoms. The number of benzene rings is 2. The van der Waals surface area contributed by atoms with Gasteiger partial charge in [0.25, 0.3) is 0 Å². The van der Waals surface area contributed by atoms with Gasteiger partial charge in [-0.05, 0) is 62.9 Å². The summed E-state index contributed by atoms with van der Waals surface area (Å²) in [5, 5.41) is 3.61. The predicted molar refractivity (Wildman–Crippen MR) is 87.2 cm³/mol. The van der Waals surface area contributed by atoms with E-state index in [-0.39, 0.29) is 0 Å². The summed E-state index contributed by atoms with van der Waals surface area (Å²) in [4.78, 5) is 0. The second-order valence-corrected chi connectivity index (χ2v) is 5.76. The normalized spacial score (nSPS) is 12.4. The first kappa shape index (κ1) is 14.8. The quantitative estimate of drug-likeness (QED) is 0.840. The molecule has 0 aliphatic heterocycles. The molecular formula is C19H25N. The molecule has 1 atom stereocenters. The van der Waals surface area contributed by atoms with Gasteiger partial charge in [0, 0.05) is 6.04 Å². The van der Waals surface area contributed by atoms with Crippen LogP contribution in [0.1, 0.15) is 40.8 Å². The number of hydrogen-bond acceptors (Lipinski definition) is 1. The van der Waals surface area contributed by atoms with Gasteiger partial charge in [0.1, 0.15) is 0 Å². The lowest BCUT2D eigenvalue weighted by molar-refractivity contribution is 0.576. The van der Waals surface area contributed by atoms with Gasteiger partial charge in [0.2, 0.25) is 0 Å². The van der Waals surface area contributed by atoms with Gasteiger partial charge in [-0.25, -0.2) is 0 Å². The molecule has 0 fully saturated rings. The van der Waals surface area contributed by atoms with Crippen molar-refractivity contribution < 1.29 is 0 Å². The Morgan fingerprint density at radius 3 is 2.45 bits per heavy atom. The van der Waals surface area contributed by atoms with E-state index in [4.69, 9.17) is 0 Å². The molecule has 2 aromatic rings. The van der Waals surface area contributed by atoms with Crippen molar-refractivity contribution in [2.24, 2.45) is 0 Å². The van der Waals surface area contributed by atoms with Crippen molar-refractivity contribution >= 4 is 0 Å². The molecule has 1 nitrogen and oxygen atoms in total. The predicted octanol–water partition coefficient (Wildman–Crippen LogP) is 4.51. The summed E-state index contributed by atoms with van der Waals surface area (Å²) < 4.78 is 0. The molecule has 2 rings (SSSR count). The zero-order chi connectivity index (χ0) is 14.5. The maximum atomic E-state index is 3.61. The Morgan fingerprint density at radius 2 is 1.75 bits per heavy atom. The molecule has 0 saturated heterocycles. The highest BCUT2D eigenvalue weighted by molar-refractivity contribution is 5.31. The lowest BCUT2D eigenvalue weighted by atomic mass is 10.0. The molecule has 1 N–H and O–H groups in total. The van der Waals surface area contributed by atoms with Gasteiger partial charge in [-0.15, -0.1) is 0 Å². The fourth-order valence-electron chi connectivity index (χ4n) is 2.45. The van der Waals surface area contributed by atoms with Crippen LogP contribution in [0, 0.1) is 20.8 Å². The van der Waals surface area contributed by atoms with Crippen molar-refractivity contribution in [1.29, 1.82) is 0 Å². The molecule has 0 spiro atoms. The minimum Gasteiger partial charge on any atom is -0.310 e. The largest absolute Gasteiger partial charge is 0.310 e. The molecule has 0 aliphatic rings. The fourth-order valence-corrected chi connectivity index (χ4v) is 2.45. The monoisotopic (exact) mass is 267 g/mol. The van der Waals surface area contributed by atoms with Crippen LogP contribution in [0.3, 0.4) is 0 Å². The molecule has 0 aliphatic carbocycles. The van der Waals surface area contributed by atoms with Crippen LogP contribution in [0.15, 0.2) is 42.5 Å². The summed E-state index contributed by atoms with van der Waals surface area (Å²) in [7, 11) is 0. The van der Waals surface area contributed by atoms with Crippen LogP contribution in [0.4, 0.5) is 0 Å². The Bertz CT molecular complexity index is 572. The van der Waals surface area contributed by atoms with Gasteiger partial charge in [-0.1, -0.05) is 48.0 Å². The van der Waals surface area contributed by atoms with E-state index >= 15 is 0 Å². The van der Waals surface area contributed by atoms with Gasteiger partial charge in [0.05, 0.1) is 0 Å². The van der Waals surface area contributed by atoms with Crippen molar-refractivity contribution in [2.45, 2.75) is 40.2 Å². The van der Waals surface area contributed by atoms with Gasteiger partial charge in [-0.2, -0.15) is 0 Å². The van der Waals surface area contributed by atoms with E-state index in [1.165, 1.54) is 27.8 Å². The van der Waals surface area contributed by atoms with Crippen LogP contribution in [-0.4, -0.2) is 6.54 Å². The van der Waals surface area contributed by atoms with Crippen molar-refractivity contribution in [3.8, 4) is 0 Å². The topological polar surface area (TPSA) is 12.0 Å². The third-order valence-corrected chi connectivity index (χ3v) is 3.98. The second kappa shape index (κ2) is 6.71. The van der Waals surface area contributed by atoms with E-state index in [0.29, 0.717) is 6.04 Å².